The second-order valence-electron chi connectivity index (χ2n) is 6.15. The van der Waals surface area contributed by atoms with Gasteiger partial charge in [0.2, 0.25) is 0 Å². The van der Waals surface area contributed by atoms with E-state index < -0.39 is 11.6 Å². The van der Waals surface area contributed by atoms with Gasteiger partial charge in [0.1, 0.15) is 17.1 Å². The van der Waals surface area contributed by atoms with Crippen LogP contribution in [0.4, 0.5) is 0 Å². The lowest BCUT2D eigenvalue weighted by atomic mass is 10.0. The molecule has 5 heteroatoms. The number of esters is 1. The molecule has 0 radical (unpaired) electrons. The molecule has 0 bridgehead atoms. The zero-order valence-corrected chi connectivity index (χ0v) is 15.0. The fourth-order valence-corrected chi connectivity index (χ4v) is 2.86. The highest BCUT2D eigenvalue weighted by Gasteiger charge is 2.10. The van der Waals surface area contributed by atoms with Crippen LogP contribution in [0.3, 0.4) is 0 Å². The lowest BCUT2D eigenvalue weighted by Gasteiger charge is -2.07. The van der Waals surface area contributed by atoms with Crippen LogP contribution in [-0.4, -0.2) is 13.1 Å². The zero-order chi connectivity index (χ0) is 19.5. The Bertz CT molecular complexity index is 1190. The van der Waals surface area contributed by atoms with Crippen LogP contribution in [0.2, 0.25) is 0 Å². The van der Waals surface area contributed by atoms with Crippen LogP contribution in [0.1, 0.15) is 10.4 Å². The molecule has 0 aliphatic heterocycles. The topological polar surface area (TPSA) is 65.7 Å². The van der Waals surface area contributed by atoms with Crippen molar-refractivity contribution < 1.29 is 18.7 Å². The van der Waals surface area contributed by atoms with E-state index in [0.717, 1.165) is 16.9 Å². The Balaban J connectivity index is 1.51. The van der Waals surface area contributed by atoms with Crippen molar-refractivity contribution >= 4 is 16.9 Å². The molecule has 0 unspecified atom stereocenters. The Morgan fingerprint density at radius 3 is 2.11 bits per heavy atom. The Labute approximate surface area is 160 Å². The van der Waals surface area contributed by atoms with E-state index >= 15 is 0 Å². The first kappa shape index (κ1) is 17.5. The summed E-state index contributed by atoms with van der Waals surface area (Å²) in [5.41, 5.74) is 2.47. The zero-order valence-electron chi connectivity index (χ0n) is 15.0. The monoisotopic (exact) mass is 372 g/mol. The van der Waals surface area contributed by atoms with Gasteiger partial charge in [0, 0.05) is 11.5 Å². The number of hydrogen-bond donors (Lipinski definition) is 0. The maximum Gasteiger partial charge on any atom is 0.343 e. The largest absolute Gasteiger partial charge is 0.497 e. The predicted octanol–water partition coefficient (Wildman–Crippen LogP) is 4.69. The van der Waals surface area contributed by atoms with Crippen molar-refractivity contribution in [2.75, 3.05) is 7.11 Å². The van der Waals surface area contributed by atoms with Gasteiger partial charge in [0.25, 0.3) is 0 Å². The number of benzene rings is 3. The maximum absolute atomic E-state index is 12.4. The molecule has 0 fully saturated rings. The van der Waals surface area contributed by atoms with E-state index in [1.807, 2.05) is 36.4 Å². The minimum absolute atomic E-state index is 0.380. The Morgan fingerprint density at radius 1 is 0.786 bits per heavy atom. The number of fused-ring (bicyclic) bond motifs is 1. The molecule has 0 amide bonds. The fraction of sp³-hybridized carbons (Fsp3) is 0.0435. The minimum atomic E-state index is -0.460. The van der Waals surface area contributed by atoms with E-state index in [9.17, 15) is 9.59 Å². The molecule has 0 atom stereocenters. The lowest BCUT2D eigenvalue weighted by molar-refractivity contribution is 0.0735. The van der Waals surface area contributed by atoms with Gasteiger partial charge in [-0.3, -0.25) is 0 Å². The van der Waals surface area contributed by atoms with Crippen molar-refractivity contribution in [3.05, 3.63) is 94.8 Å². The number of methoxy groups -OCH3 is 1. The highest BCUT2D eigenvalue weighted by Crippen LogP contribution is 2.24. The second-order valence-corrected chi connectivity index (χ2v) is 6.15. The molecule has 0 saturated heterocycles. The van der Waals surface area contributed by atoms with E-state index in [0.29, 0.717) is 22.3 Å². The fourth-order valence-electron chi connectivity index (χ4n) is 2.86. The summed E-state index contributed by atoms with van der Waals surface area (Å²) in [6, 6.07) is 22.7. The Morgan fingerprint density at radius 2 is 1.43 bits per heavy atom. The van der Waals surface area contributed by atoms with Gasteiger partial charge in [0.15, 0.2) is 0 Å². The summed E-state index contributed by atoms with van der Waals surface area (Å²) in [5.74, 6) is 0.710. The molecule has 0 N–H and O–H groups in total. The molecular formula is C23H16O5. The van der Waals surface area contributed by atoms with E-state index in [2.05, 4.69) is 0 Å². The predicted molar refractivity (Wildman–Crippen MR) is 106 cm³/mol. The molecule has 0 spiro atoms. The van der Waals surface area contributed by atoms with Gasteiger partial charge < -0.3 is 13.9 Å². The molecule has 3 aromatic carbocycles. The third-order valence-electron chi connectivity index (χ3n) is 4.35. The average molecular weight is 372 g/mol. The van der Waals surface area contributed by atoms with Crippen LogP contribution in [-0.2, 0) is 0 Å². The first-order valence-corrected chi connectivity index (χ1v) is 8.63. The standard InChI is InChI=1S/C23H16O5/c1-26-19-9-6-16(7-10-19)15-2-4-17(5-3-15)23(25)27-20-11-12-21-18(14-20)8-13-22(24)28-21/h2-14H,1H3. The molecule has 138 valence electrons. The molecule has 1 heterocycles. The number of carbonyl (C=O) groups excluding carboxylic acids is 1. The minimum Gasteiger partial charge on any atom is -0.497 e. The number of carbonyl (C=O) groups is 1. The maximum atomic E-state index is 12.4. The number of ether oxygens (including phenoxy) is 2. The van der Waals surface area contributed by atoms with Gasteiger partial charge in [-0.2, -0.15) is 0 Å². The van der Waals surface area contributed by atoms with E-state index in [1.165, 1.54) is 6.07 Å². The summed E-state index contributed by atoms with van der Waals surface area (Å²) in [7, 11) is 1.63. The smallest absolute Gasteiger partial charge is 0.343 e. The van der Waals surface area contributed by atoms with Crippen LogP contribution in [0.5, 0.6) is 11.5 Å². The molecule has 0 aliphatic rings. The third kappa shape index (κ3) is 3.64. The highest BCUT2D eigenvalue weighted by atomic mass is 16.5. The third-order valence-corrected chi connectivity index (χ3v) is 4.35. The second kappa shape index (κ2) is 7.40. The van der Waals surface area contributed by atoms with Crippen LogP contribution >= 0.6 is 0 Å². The van der Waals surface area contributed by atoms with Gasteiger partial charge in [-0.15, -0.1) is 0 Å². The molecule has 4 aromatic rings. The van der Waals surface area contributed by atoms with Gasteiger partial charge in [0.05, 0.1) is 12.7 Å². The molecule has 0 saturated carbocycles. The van der Waals surface area contributed by atoms with Crippen LogP contribution in [0, 0.1) is 0 Å². The SMILES string of the molecule is COc1ccc(-c2ccc(C(=O)Oc3ccc4oc(=O)ccc4c3)cc2)cc1. The van der Waals surface area contributed by atoms with Crippen molar-refractivity contribution in [3.63, 3.8) is 0 Å². The average Bonchev–Trinajstić information content (AvgIpc) is 2.74. The first-order valence-electron chi connectivity index (χ1n) is 8.63. The summed E-state index contributed by atoms with van der Waals surface area (Å²) in [4.78, 5) is 23.7. The first-order chi connectivity index (χ1) is 13.6. The molecule has 4 rings (SSSR count). The molecular weight excluding hydrogens is 356 g/mol. The van der Waals surface area contributed by atoms with Gasteiger partial charge in [-0.05, 0) is 59.7 Å². The van der Waals surface area contributed by atoms with Crippen LogP contribution < -0.4 is 15.1 Å². The van der Waals surface area contributed by atoms with Crippen molar-refractivity contribution in [2.24, 2.45) is 0 Å². The molecule has 5 nitrogen and oxygen atoms in total. The van der Waals surface area contributed by atoms with E-state index in [1.54, 1.807) is 43.5 Å². The summed E-state index contributed by atoms with van der Waals surface area (Å²) >= 11 is 0. The summed E-state index contributed by atoms with van der Waals surface area (Å²) < 4.78 is 15.7. The normalized spacial score (nSPS) is 10.6. The van der Waals surface area contributed by atoms with E-state index in [-0.39, 0.29) is 0 Å². The quantitative estimate of drug-likeness (QED) is 0.295. The Kier molecular flexibility index (Phi) is 4.64. The number of hydrogen-bond acceptors (Lipinski definition) is 5. The summed E-state index contributed by atoms with van der Waals surface area (Å²) in [6.07, 6.45) is 0. The van der Waals surface area contributed by atoms with Crippen molar-refractivity contribution in [1.29, 1.82) is 0 Å². The molecule has 1 aromatic heterocycles. The van der Waals surface area contributed by atoms with Crippen LogP contribution in [0.25, 0.3) is 22.1 Å². The van der Waals surface area contributed by atoms with Gasteiger partial charge >= 0.3 is 11.6 Å². The van der Waals surface area contributed by atoms with Gasteiger partial charge in [-0.1, -0.05) is 24.3 Å². The Hall–Kier alpha value is -3.86. The number of rotatable bonds is 4. The summed E-state index contributed by atoms with van der Waals surface area (Å²) in [5, 5.41) is 0.680. The molecule has 28 heavy (non-hydrogen) atoms. The van der Waals surface area contributed by atoms with E-state index in [4.69, 9.17) is 13.9 Å². The highest BCUT2D eigenvalue weighted by molar-refractivity contribution is 5.92. The van der Waals surface area contributed by atoms with Crippen LogP contribution in [0.15, 0.2) is 88.1 Å². The van der Waals surface area contributed by atoms with Crippen molar-refractivity contribution in [1.82, 2.24) is 0 Å². The molecule has 0 aliphatic carbocycles. The van der Waals surface area contributed by atoms with Crippen molar-refractivity contribution in [3.8, 4) is 22.6 Å². The van der Waals surface area contributed by atoms with Gasteiger partial charge in [-0.25, -0.2) is 9.59 Å². The summed E-state index contributed by atoms with van der Waals surface area (Å²) in [6.45, 7) is 0. The lowest BCUT2D eigenvalue weighted by Crippen LogP contribution is -2.08. The van der Waals surface area contributed by atoms with Crippen molar-refractivity contribution in [2.45, 2.75) is 0 Å².